The Morgan fingerprint density at radius 3 is 2.62 bits per heavy atom. The number of ether oxygens (including phenoxy) is 2. The van der Waals surface area contributed by atoms with Crippen LogP contribution >= 0.6 is 0 Å². The summed E-state index contributed by atoms with van der Waals surface area (Å²) in [6.45, 7) is 0.465. The van der Waals surface area contributed by atoms with Crippen LogP contribution in [-0.2, 0) is 20.9 Å². The molecule has 7 heteroatoms. The zero-order valence-corrected chi connectivity index (χ0v) is 11.3. The fourth-order valence-electron chi connectivity index (χ4n) is 2.24. The second-order valence-electron chi connectivity index (χ2n) is 4.67. The minimum absolute atomic E-state index is 0.0296. The highest BCUT2D eigenvalue weighted by Gasteiger charge is 2.39. The highest BCUT2D eigenvalue weighted by Crippen LogP contribution is 2.16. The van der Waals surface area contributed by atoms with Crippen molar-refractivity contribution in [2.45, 2.75) is 18.8 Å². The summed E-state index contributed by atoms with van der Waals surface area (Å²) >= 11 is 0. The normalized spacial score (nSPS) is 22.0. The second kappa shape index (κ2) is 7.05. The number of amides is 1. The van der Waals surface area contributed by atoms with Gasteiger partial charge in [0.05, 0.1) is 25.9 Å². The fourth-order valence-corrected chi connectivity index (χ4v) is 2.24. The highest BCUT2D eigenvalue weighted by atomic mass is 16.5. The Labute approximate surface area is 121 Å². The Hall–Kier alpha value is -2.12. The van der Waals surface area contributed by atoms with Gasteiger partial charge in [-0.1, -0.05) is 30.3 Å². The van der Waals surface area contributed by atoms with Gasteiger partial charge < -0.3 is 19.7 Å². The summed E-state index contributed by atoms with van der Waals surface area (Å²) in [7, 11) is 0. The van der Waals surface area contributed by atoms with E-state index in [-0.39, 0.29) is 26.4 Å². The largest absolute Gasteiger partial charge is 0.479 e. The number of carboxylic acid groups (broad SMARTS) is 2. The van der Waals surface area contributed by atoms with Crippen molar-refractivity contribution in [1.82, 2.24) is 4.90 Å². The molecule has 1 aliphatic heterocycles. The van der Waals surface area contributed by atoms with Crippen molar-refractivity contribution in [1.29, 1.82) is 0 Å². The third-order valence-corrected chi connectivity index (χ3v) is 3.27. The molecule has 0 bridgehead atoms. The lowest BCUT2D eigenvalue weighted by Crippen LogP contribution is -2.57. The molecular formula is C14H17NO6. The number of benzene rings is 1. The van der Waals surface area contributed by atoms with E-state index in [9.17, 15) is 9.59 Å². The molecule has 0 saturated carbocycles. The summed E-state index contributed by atoms with van der Waals surface area (Å²) in [6, 6.07) is 8.52. The molecule has 0 spiro atoms. The molecule has 1 saturated heterocycles. The molecule has 2 unspecified atom stereocenters. The van der Waals surface area contributed by atoms with Crippen LogP contribution < -0.4 is 0 Å². The number of hydrogen-bond acceptors (Lipinski definition) is 4. The van der Waals surface area contributed by atoms with E-state index in [2.05, 4.69) is 0 Å². The van der Waals surface area contributed by atoms with E-state index >= 15 is 0 Å². The molecule has 1 aromatic rings. The monoisotopic (exact) mass is 295 g/mol. The van der Waals surface area contributed by atoms with Gasteiger partial charge in [0.25, 0.3) is 0 Å². The molecule has 2 atom stereocenters. The first-order valence-corrected chi connectivity index (χ1v) is 6.55. The molecule has 0 radical (unpaired) electrons. The summed E-state index contributed by atoms with van der Waals surface area (Å²) in [5.41, 5.74) is 0.933. The lowest BCUT2D eigenvalue weighted by molar-refractivity contribution is -0.164. The van der Waals surface area contributed by atoms with E-state index in [1.54, 1.807) is 0 Å². The molecule has 1 aliphatic rings. The maximum Gasteiger partial charge on any atom is 0.407 e. The van der Waals surface area contributed by atoms with Crippen molar-refractivity contribution in [3.05, 3.63) is 35.9 Å². The van der Waals surface area contributed by atoms with Crippen LogP contribution in [-0.4, -0.2) is 59.1 Å². The van der Waals surface area contributed by atoms with Gasteiger partial charge in [0, 0.05) is 6.54 Å². The van der Waals surface area contributed by atoms with Crippen molar-refractivity contribution >= 4 is 12.1 Å². The average Bonchev–Trinajstić information content (AvgIpc) is 2.48. The van der Waals surface area contributed by atoms with Crippen molar-refractivity contribution in [2.75, 3.05) is 19.8 Å². The number of morpholine rings is 1. The molecule has 21 heavy (non-hydrogen) atoms. The Morgan fingerprint density at radius 2 is 2.00 bits per heavy atom. The van der Waals surface area contributed by atoms with Crippen LogP contribution in [0.3, 0.4) is 0 Å². The molecule has 1 heterocycles. The first-order chi connectivity index (χ1) is 10.1. The van der Waals surface area contributed by atoms with Crippen LogP contribution in [0.15, 0.2) is 30.3 Å². The summed E-state index contributed by atoms with van der Waals surface area (Å²) in [4.78, 5) is 23.4. The van der Waals surface area contributed by atoms with Crippen molar-refractivity contribution in [2.24, 2.45) is 0 Å². The van der Waals surface area contributed by atoms with Crippen LogP contribution in [0.4, 0.5) is 4.79 Å². The molecule has 2 N–H and O–H groups in total. The smallest absolute Gasteiger partial charge is 0.407 e. The molecule has 2 rings (SSSR count). The van der Waals surface area contributed by atoms with Gasteiger partial charge >= 0.3 is 12.1 Å². The first kappa shape index (κ1) is 15.3. The van der Waals surface area contributed by atoms with Crippen LogP contribution in [0.1, 0.15) is 5.56 Å². The van der Waals surface area contributed by atoms with E-state index in [0.717, 1.165) is 10.5 Å². The Balaban J connectivity index is 1.98. The maximum absolute atomic E-state index is 11.2. The zero-order valence-electron chi connectivity index (χ0n) is 11.3. The number of aliphatic carboxylic acids is 1. The topological polar surface area (TPSA) is 96.3 Å². The summed E-state index contributed by atoms with van der Waals surface area (Å²) in [5, 5.41) is 18.3. The molecule has 7 nitrogen and oxygen atoms in total. The van der Waals surface area contributed by atoms with E-state index in [1.807, 2.05) is 30.3 Å². The first-order valence-electron chi connectivity index (χ1n) is 6.55. The molecule has 114 valence electrons. The summed E-state index contributed by atoms with van der Waals surface area (Å²) < 4.78 is 10.6. The van der Waals surface area contributed by atoms with E-state index in [1.165, 1.54) is 0 Å². The molecule has 0 aromatic heterocycles. The summed E-state index contributed by atoms with van der Waals surface area (Å²) in [6.07, 6.45) is -2.37. The predicted octanol–water partition coefficient (Wildman–Crippen LogP) is 1.04. The standard InChI is InChI=1S/C14H17NO6/c16-13(17)12-11(15(14(18)19)6-7-21-12)9-20-8-10-4-2-1-3-5-10/h1-5,11-12H,6-9H2,(H,16,17)(H,18,19). The SMILES string of the molecule is O=C(O)C1OCCN(C(=O)O)C1COCc1ccccc1. The molecule has 1 fully saturated rings. The maximum atomic E-state index is 11.2. The average molecular weight is 295 g/mol. The van der Waals surface area contributed by atoms with Crippen LogP contribution in [0.5, 0.6) is 0 Å². The van der Waals surface area contributed by atoms with Gasteiger partial charge in [0.1, 0.15) is 0 Å². The Bertz CT molecular complexity index is 469. The van der Waals surface area contributed by atoms with Gasteiger partial charge in [-0.3, -0.25) is 4.90 Å². The van der Waals surface area contributed by atoms with Crippen LogP contribution in [0.25, 0.3) is 0 Å². The van der Waals surface area contributed by atoms with Crippen molar-refractivity contribution in [3.8, 4) is 0 Å². The lowest BCUT2D eigenvalue weighted by atomic mass is 10.1. The van der Waals surface area contributed by atoms with Gasteiger partial charge in [0.15, 0.2) is 6.10 Å². The number of hydrogen-bond donors (Lipinski definition) is 2. The number of nitrogens with zero attached hydrogens (tertiary/aromatic N) is 1. The van der Waals surface area contributed by atoms with E-state index < -0.39 is 24.2 Å². The minimum atomic E-state index is -1.20. The van der Waals surface area contributed by atoms with Crippen molar-refractivity contribution in [3.63, 3.8) is 0 Å². The molecule has 0 aliphatic carbocycles. The molecular weight excluding hydrogens is 278 g/mol. The number of carbonyl (C=O) groups is 2. The van der Waals surface area contributed by atoms with Gasteiger partial charge in [0.2, 0.25) is 0 Å². The number of carboxylic acids is 1. The molecule has 1 amide bonds. The lowest BCUT2D eigenvalue weighted by Gasteiger charge is -2.37. The number of rotatable bonds is 5. The van der Waals surface area contributed by atoms with Crippen molar-refractivity contribution < 1.29 is 29.3 Å². The van der Waals surface area contributed by atoms with Gasteiger partial charge in [-0.25, -0.2) is 9.59 Å². The van der Waals surface area contributed by atoms with Gasteiger partial charge in [-0.05, 0) is 5.56 Å². The van der Waals surface area contributed by atoms with Crippen LogP contribution in [0.2, 0.25) is 0 Å². The minimum Gasteiger partial charge on any atom is -0.479 e. The third-order valence-electron chi connectivity index (χ3n) is 3.27. The molecule has 1 aromatic carbocycles. The quantitative estimate of drug-likeness (QED) is 0.842. The second-order valence-corrected chi connectivity index (χ2v) is 4.67. The third kappa shape index (κ3) is 3.93. The van der Waals surface area contributed by atoms with Gasteiger partial charge in [-0.15, -0.1) is 0 Å². The van der Waals surface area contributed by atoms with Gasteiger partial charge in [-0.2, -0.15) is 0 Å². The predicted molar refractivity (Wildman–Crippen MR) is 72.0 cm³/mol. The summed E-state index contributed by atoms with van der Waals surface area (Å²) in [5.74, 6) is -1.19. The highest BCUT2D eigenvalue weighted by molar-refractivity contribution is 5.75. The van der Waals surface area contributed by atoms with Crippen LogP contribution in [0, 0.1) is 0 Å². The Kier molecular flexibility index (Phi) is 5.13. The van der Waals surface area contributed by atoms with E-state index in [0.29, 0.717) is 0 Å². The van der Waals surface area contributed by atoms with E-state index in [4.69, 9.17) is 19.7 Å². The zero-order chi connectivity index (χ0) is 15.2. The fraction of sp³-hybridized carbons (Fsp3) is 0.429. The Morgan fingerprint density at radius 1 is 1.29 bits per heavy atom.